The SMILES string of the molecule is CC(N(C)C(=O)NCC1CCS(=O)(=O)CC1)C1(C)CC1. The second-order valence-corrected chi connectivity index (χ2v) is 9.03. The molecule has 6 heteroatoms. The summed E-state index contributed by atoms with van der Waals surface area (Å²) in [5.41, 5.74) is 0.283. The molecule has 1 aliphatic carbocycles. The van der Waals surface area contributed by atoms with Crippen LogP contribution in [0.3, 0.4) is 0 Å². The smallest absolute Gasteiger partial charge is 0.317 e. The van der Waals surface area contributed by atoms with Gasteiger partial charge in [-0.25, -0.2) is 13.2 Å². The summed E-state index contributed by atoms with van der Waals surface area (Å²) in [6.07, 6.45) is 3.71. The molecule has 1 saturated heterocycles. The first-order valence-corrected chi connectivity index (χ1v) is 9.27. The van der Waals surface area contributed by atoms with Crippen molar-refractivity contribution in [3.8, 4) is 0 Å². The van der Waals surface area contributed by atoms with Gasteiger partial charge >= 0.3 is 6.03 Å². The van der Waals surface area contributed by atoms with E-state index in [1.807, 2.05) is 7.05 Å². The van der Waals surface area contributed by atoms with Gasteiger partial charge < -0.3 is 10.2 Å². The summed E-state index contributed by atoms with van der Waals surface area (Å²) in [5, 5.41) is 2.95. The van der Waals surface area contributed by atoms with Crippen molar-refractivity contribution in [3.05, 3.63) is 0 Å². The number of hydrogen-bond acceptors (Lipinski definition) is 3. The molecule has 2 aliphatic rings. The van der Waals surface area contributed by atoms with Gasteiger partial charge in [-0.15, -0.1) is 0 Å². The molecule has 2 amide bonds. The second-order valence-electron chi connectivity index (χ2n) is 6.72. The molecule has 1 saturated carbocycles. The van der Waals surface area contributed by atoms with E-state index in [1.54, 1.807) is 4.90 Å². The first-order valence-electron chi connectivity index (χ1n) is 7.45. The summed E-state index contributed by atoms with van der Waals surface area (Å²) in [7, 11) is -0.976. The minimum Gasteiger partial charge on any atom is -0.338 e. The van der Waals surface area contributed by atoms with Gasteiger partial charge in [-0.1, -0.05) is 6.92 Å². The van der Waals surface area contributed by atoms with E-state index in [1.165, 1.54) is 12.8 Å². The topological polar surface area (TPSA) is 66.5 Å². The number of nitrogens with one attached hydrogen (secondary N) is 1. The van der Waals surface area contributed by atoms with Crippen LogP contribution >= 0.6 is 0 Å². The number of hydrogen-bond donors (Lipinski definition) is 1. The molecule has 0 radical (unpaired) electrons. The number of amides is 2. The molecule has 0 spiro atoms. The summed E-state index contributed by atoms with van der Waals surface area (Å²) in [4.78, 5) is 13.9. The fraction of sp³-hybridized carbons (Fsp3) is 0.929. The quantitative estimate of drug-likeness (QED) is 0.858. The van der Waals surface area contributed by atoms with Gasteiger partial charge in [0, 0.05) is 19.6 Å². The molecule has 0 aromatic carbocycles. The van der Waals surface area contributed by atoms with Crippen molar-refractivity contribution in [2.75, 3.05) is 25.1 Å². The predicted octanol–water partition coefficient (Wildman–Crippen LogP) is 1.64. The summed E-state index contributed by atoms with van der Waals surface area (Å²) in [6, 6.07) is 0.202. The Morgan fingerprint density at radius 1 is 1.35 bits per heavy atom. The van der Waals surface area contributed by atoms with Crippen molar-refractivity contribution in [2.45, 2.75) is 45.6 Å². The maximum atomic E-state index is 12.1. The molecule has 1 atom stereocenters. The molecule has 1 N–H and O–H groups in total. The van der Waals surface area contributed by atoms with Crippen molar-refractivity contribution in [2.24, 2.45) is 11.3 Å². The number of carbonyl (C=O) groups excluding carboxylic acids is 1. The van der Waals surface area contributed by atoms with Crippen LogP contribution in [0.25, 0.3) is 0 Å². The Balaban J connectivity index is 1.75. The molecular weight excluding hydrogens is 276 g/mol. The Morgan fingerprint density at radius 3 is 2.40 bits per heavy atom. The summed E-state index contributed by atoms with van der Waals surface area (Å²) < 4.78 is 22.7. The Kier molecular flexibility index (Phi) is 4.33. The van der Waals surface area contributed by atoms with E-state index in [4.69, 9.17) is 0 Å². The van der Waals surface area contributed by atoms with Gasteiger partial charge in [-0.3, -0.25) is 0 Å². The zero-order valence-electron chi connectivity index (χ0n) is 12.7. The largest absolute Gasteiger partial charge is 0.338 e. The Morgan fingerprint density at radius 2 is 1.90 bits per heavy atom. The fourth-order valence-electron chi connectivity index (χ4n) is 2.76. The van der Waals surface area contributed by atoms with Crippen LogP contribution < -0.4 is 5.32 Å². The average Bonchev–Trinajstić information content (AvgIpc) is 3.14. The molecule has 1 heterocycles. The third-order valence-electron chi connectivity index (χ3n) is 5.16. The van der Waals surface area contributed by atoms with Crippen molar-refractivity contribution in [3.63, 3.8) is 0 Å². The molecule has 0 aromatic heterocycles. The lowest BCUT2D eigenvalue weighted by Gasteiger charge is -2.31. The van der Waals surface area contributed by atoms with Gasteiger partial charge in [0.2, 0.25) is 0 Å². The minimum absolute atomic E-state index is 0.0425. The van der Waals surface area contributed by atoms with Crippen LogP contribution in [0.2, 0.25) is 0 Å². The highest BCUT2D eigenvalue weighted by Crippen LogP contribution is 2.49. The zero-order valence-corrected chi connectivity index (χ0v) is 13.5. The van der Waals surface area contributed by atoms with E-state index in [9.17, 15) is 13.2 Å². The number of urea groups is 1. The van der Waals surface area contributed by atoms with Crippen LogP contribution in [0.1, 0.15) is 39.5 Å². The van der Waals surface area contributed by atoms with Gasteiger partial charge in [0.15, 0.2) is 0 Å². The third-order valence-corrected chi connectivity index (χ3v) is 6.88. The van der Waals surface area contributed by atoms with Gasteiger partial charge in [0.25, 0.3) is 0 Å². The monoisotopic (exact) mass is 302 g/mol. The molecular formula is C14H26N2O3S. The fourth-order valence-corrected chi connectivity index (χ4v) is 4.35. The number of sulfone groups is 1. The van der Waals surface area contributed by atoms with Crippen LogP contribution in [-0.2, 0) is 9.84 Å². The second kappa shape index (κ2) is 5.54. The number of nitrogens with zero attached hydrogens (tertiary/aromatic N) is 1. The molecule has 0 aromatic rings. The lowest BCUT2D eigenvalue weighted by Crippen LogP contribution is -2.47. The maximum absolute atomic E-state index is 12.1. The summed E-state index contributed by atoms with van der Waals surface area (Å²) in [5.74, 6) is 0.818. The molecule has 1 unspecified atom stereocenters. The maximum Gasteiger partial charge on any atom is 0.317 e. The minimum atomic E-state index is -2.82. The van der Waals surface area contributed by atoms with E-state index in [0.717, 1.165) is 0 Å². The lowest BCUT2D eigenvalue weighted by atomic mass is 10.00. The van der Waals surface area contributed by atoms with Gasteiger partial charge in [-0.2, -0.15) is 0 Å². The standard InChI is InChI=1S/C14H26N2O3S/c1-11(14(2)6-7-14)16(3)13(17)15-10-12-4-8-20(18,19)9-5-12/h11-12H,4-10H2,1-3H3,(H,15,17). The molecule has 2 fully saturated rings. The predicted molar refractivity (Wildman–Crippen MR) is 79.3 cm³/mol. The van der Waals surface area contributed by atoms with Crippen molar-refractivity contribution in [1.82, 2.24) is 10.2 Å². The van der Waals surface area contributed by atoms with Crippen LogP contribution in [-0.4, -0.2) is 50.5 Å². The Bertz CT molecular complexity index is 457. The van der Waals surface area contributed by atoms with Crippen molar-refractivity contribution in [1.29, 1.82) is 0 Å². The van der Waals surface area contributed by atoms with Gasteiger partial charge in [0.05, 0.1) is 11.5 Å². The summed E-state index contributed by atoms with van der Waals surface area (Å²) in [6.45, 7) is 4.90. The summed E-state index contributed by atoms with van der Waals surface area (Å²) >= 11 is 0. The van der Waals surface area contributed by atoms with Crippen molar-refractivity contribution < 1.29 is 13.2 Å². The van der Waals surface area contributed by atoms with Crippen LogP contribution in [0, 0.1) is 11.3 Å². The Labute approximate surface area is 122 Å². The van der Waals surface area contributed by atoms with E-state index in [0.29, 0.717) is 25.3 Å². The Hall–Kier alpha value is -0.780. The van der Waals surface area contributed by atoms with Crippen molar-refractivity contribution >= 4 is 15.9 Å². The first-order chi connectivity index (χ1) is 9.23. The molecule has 20 heavy (non-hydrogen) atoms. The highest BCUT2D eigenvalue weighted by molar-refractivity contribution is 7.91. The zero-order chi connectivity index (χ0) is 15.0. The highest BCUT2D eigenvalue weighted by atomic mass is 32.2. The van der Waals surface area contributed by atoms with Crippen LogP contribution in [0.5, 0.6) is 0 Å². The molecule has 5 nitrogen and oxygen atoms in total. The third kappa shape index (κ3) is 3.65. The normalized spacial score (nSPS) is 25.8. The first kappa shape index (κ1) is 15.6. The van der Waals surface area contributed by atoms with Crippen LogP contribution in [0.4, 0.5) is 4.79 Å². The van der Waals surface area contributed by atoms with Gasteiger partial charge in [-0.05, 0) is 43.9 Å². The van der Waals surface area contributed by atoms with E-state index < -0.39 is 9.84 Å². The number of carbonyl (C=O) groups is 1. The van der Waals surface area contributed by atoms with E-state index in [2.05, 4.69) is 19.2 Å². The average molecular weight is 302 g/mol. The van der Waals surface area contributed by atoms with E-state index in [-0.39, 0.29) is 29.0 Å². The van der Waals surface area contributed by atoms with E-state index >= 15 is 0 Å². The lowest BCUT2D eigenvalue weighted by molar-refractivity contribution is 0.169. The molecule has 1 aliphatic heterocycles. The molecule has 116 valence electrons. The number of rotatable bonds is 4. The molecule has 2 rings (SSSR count). The molecule has 0 bridgehead atoms. The highest BCUT2D eigenvalue weighted by Gasteiger charge is 2.45. The van der Waals surface area contributed by atoms with Gasteiger partial charge in [0.1, 0.15) is 9.84 Å². The van der Waals surface area contributed by atoms with Crippen LogP contribution in [0.15, 0.2) is 0 Å².